The zero-order valence-corrected chi connectivity index (χ0v) is 19.5. The van der Waals surface area contributed by atoms with Gasteiger partial charge in [-0.25, -0.2) is 4.90 Å². The monoisotopic (exact) mass is 453 g/mol. The smallest absolute Gasteiger partial charge is 0.282 e. The van der Waals surface area contributed by atoms with Crippen molar-refractivity contribution >= 4 is 34.7 Å². The zero-order chi connectivity index (χ0) is 24.2. The van der Waals surface area contributed by atoms with E-state index in [4.69, 9.17) is 0 Å². The summed E-state index contributed by atoms with van der Waals surface area (Å²) in [6.45, 7) is 6.36. The maximum Gasteiger partial charge on any atom is 0.282 e. The summed E-state index contributed by atoms with van der Waals surface area (Å²) in [5, 5.41) is 2.73. The first-order chi connectivity index (χ1) is 16.4. The summed E-state index contributed by atoms with van der Waals surface area (Å²) >= 11 is 0. The van der Waals surface area contributed by atoms with Crippen LogP contribution in [-0.2, 0) is 20.9 Å². The highest BCUT2D eigenvalue weighted by Gasteiger charge is 2.42. The van der Waals surface area contributed by atoms with Gasteiger partial charge >= 0.3 is 0 Å². The van der Waals surface area contributed by atoms with E-state index in [1.807, 2.05) is 67.3 Å². The first kappa shape index (κ1) is 23.0. The van der Waals surface area contributed by atoms with Crippen molar-refractivity contribution in [3.05, 3.63) is 101 Å². The Hall–Kier alpha value is -4.19. The van der Waals surface area contributed by atoms with E-state index in [-0.39, 0.29) is 17.7 Å². The lowest BCUT2D eigenvalue weighted by molar-refractivity contribution is -0.121. The van der Waals surface area contributed by atoms with E-state index in [1.165, 1.54) is 11.8 Å². The molecule has 34 heavy (non-hydrogen) atoms. The van der Waals surface area contributed by atoms with Crippen LogP contribution in [0.3, 0.4) is 0 Å². The van der Waals surface area contributed by atoms with Crippen molar-refractivity contribution in [1.29, 1.82) is 0 Å². The van der Waals surface area contributed by atoms with Gasteiger partial charge in [0.2, 0.25) is 5.91 Å². The van der Waals surface area contributed by atoms with Crippen LogP contribution in [-0.4, -0.2) is 29.2 Å². The second-order valence-electron chi connectivity index (χ2n) is 8.21. The van der Waals surface area contributed by atoms with Crippen LogP contribution in [0.1, 0.15) is 30.5 Å². The summed E-state index contributed by atoms with van der Waals surface area (Å²) in [4.78, 5) is 42.2. The van der Waals surface area contributed by atoms with Gasteiger partial charge < -0.3 is 10.2 Å². The largest absolute Gasteiger partial charge is 0.362 e. The second-order valence-corrected chi connectivity index (χ2v) is 8.21. The summed E-state index contributed by atoms with van der Waals surface area (Å²) in [6, 6.07) is 24.3. The Labute approximate surface area is 199 Å². The number of likely N-dealkylation sites (N-methyl/N-ethyl adjacent to an activating group) is 1. The van der Waals surface area contributed by atoms with Crippen molar-refractivity contribution < 1.29 is 14.4 Å². The van der Waals surface area contributed by atoms with Crippen molar-refractivity contribution in [3.8, 4) is 0 Å². The molecule has 0 bridgehead atoms. The van der Waals surface area contributed by atoms with Crippen LogP contribution >= 0.6 is 0 Å². The molecule has 0 aliphatic carbocycles. The first-order valence-corrected chi connectivity index (χ1v) is 11.3. The average Bonchev–Trinajstić information content (AvgIpc) is 3.08. The number of carbonyl (C=O) groups is 3. The van der Waals surface area contributed by atoms with Gasteiger partial charge in [-0.15, -0.1) is 0 Å². The Bertz CT molecular complexity index is 1260. The Morgan fingerprint density at radius 3 is 2.15 bits per heavy atom. The van der Waals surface area contributed by atoms with Crippen molar-refractivity contribution in [2.75, 3.05) is 16.8 Å². The molecule has 1 N–H and O–H groups in total. The number of carbonyl (C=O) groups excluding carboxylic acids is 3. The standard InChI is InChI=1S/C28H27N3O3/c1-4-30(18-21-11-6-5-7-12-21)26-25(22-14-16-23(17-15-22)29-20(3)32)27(33)31(28(26)34)24-13-9-8-10-19(24)2/h5-17H,4,18H2,1-3H3,(H,29,32). The number of nitrogens with zero attached hydrogens (tertiary/aromatic N) is 2. The minimum absolute atomic E-state index is 0.175. The Kier molecular flexibility index (Phi) is 6.59. The number of imide groups is 1. The highest BCUT2D eigenvalue weighted by atomic mass is 16.2. The van der Waals surface area contributed by atoms with E-state index in [1.54, 1.807) is 30.3 Å². The lowest BCUT2D eigenvalue weighted by Gasteiger charge is -2.25. The molecule has 0 saturated heterocycles. The van der Waals surface area contributed by atoms with E-state index >= 15 is 0 Å². The number of anilines is 2. The van der Waals surface area contributed by atoms with Gasteiger partial charge in [0, 0.05) is 25.7 Å². The SMILES string of the molecule is CCN(Cc1ccccc1)C1=C(c2ccc(NC(C)=O)cc2)C(=O)N(c2ccccc2C)C1=O. The molecule has 0 spiro atoms. The molecule has 172 valence electrons. The molecule has 6 heteroatoms. The number of nitrogens with one attached hydrogen (secondary N) is 1. The quantitative estimate of drug-likeness (QED) is 0.524. The molecule has 0 atom stereocenters. The van der Waals surface area contributed by atoms with Crippen molar-refractivity contribution in [2.24, 2.45) is 0 Å². The van der Waals surface area contributed by atoms with E-state index in [9.17, 15) is 14.4 Å². The predicted molar refractivity (Wildman–Crippen MR) is 134 cm³/mol. The fraction of sp³-hybridized carbons (Fsp3) is 0.179. The Balaban J connectivity index is 1.82. The second kappa shape index (κ2) is 9.75. The normalized spacial score (nSPS) is 13.4. The molecule has 3 aromatic rings. The van der Waals surface area contributed by atoms with Gasteiger partial charge in [-0.1, -0.05) is 60.7 Å². The van der Waals surface area contributed by atoms with E-state index in [0.29, 0.717) is 41.3 Å². The lowest BCUT2D eigenvalue weighted by Crippen LogP contribution is -2.35. The van der Waals surface area contributed by atoms with Crippen molar-refractivity contribution in [1.82, 2.24) is 4.90 Å². The highest BCUT2D eigenvalue weighted by molar-refractivity contribution is 6.45. The number of hydrogen-bond acceptors (Lipinski definition) is 4. The molecule has 1 aliphatic heterocycles. The van der Waals surface area contributed by atoms with Gasteiger partial charge in [-0.2, -0.15) is 0 Å². The molecule has 0 aromatic heterocycles. The third-order valence-electron chi connectivity index (χ3n) is 5.82. The van der Waals surface area contributed by atoms with Crippen molar-refractivity contribution in [2.45, 2.75) is 27.3 Å². The summed E-state index contributed by atoms with van der Waals surface area (Å²) in [5.41, 5.74) is 4.47. The molecule has 3 amide bonds. The summed E-state index contributed by atoms with van der Waals surface area (Å²) in [6.07, 6.45) is 0. The van der Waals surface area contributed by atoms with E-state index in [2.05, 4.69) is 5.32 Å². The number of aryl methyl sites for hydroxylation is 1. The van der Waals surface area contributed by atoms with Crippen LogP contribution in [0.4, 0.5) is 11.4 Å². The molecular weight excluding hydrogens is 426 g/mol. The fourth-order valence-electron chi connectivity index (χ4n) is 4.18. The summed E-state index contributed by atoms with van der Waals surface area (Å²) in [5.74, 6) is -0.864. The van der Waals surface area contributed by atoms with Gasteiger partial charge in [0.05, 0.1) is 11.3 Å². The highest BCUT2D eigenvalue weighted by Crippen LogP contribution is 2.36. The van der Waals surface area contributed by atoms with Crippen LogP contribution in [0.5, 0.6) is 0 Å². The molecule has 0 unspecified atom stereocenters. The maximum atomic E-state index is 13.8. The number of benzene rings is 3. The molecule has 6 nitrogen and oxygen atoms in total. The zero-order valence-electron chi connectivity index (χ0n) is 19.5. The molecule has 1 heterocycles. The maximum absolute atomic E-state index is 13.8. The molecule has 0 fully saturated rings. The Morgan fingerprint density at radius 1 is 0.882 bits per heavy atom. The topological polar surface area (TPSA) is 69.7 Å². The van der Waals surface area contributed by atoms with Crippen LogP contribution in [0, 0.1) is 6.92 Å². The fourth-order valence-corrected chi connectivity index (χ4v) is 4.18. The number of amides is 3. The molecule has 0 saturated carbocycles. The minimum Gasteiger partial charge on any atom is -0.362 e. The number of para-hydroxylation sites is 1. The first-order valence-electron chi connectivity index (χ1n) is 11.3. The molecular formula is C28H27N3O3. The number of hydrogen-bond donors (Lipinski definition) is 1. The van der Waals surface area contributed by atoms with Gasteiger partial charge in [-0.05, 0) is 48.7 Å². The van der Waals surface area contributed by atoms with Crippen LogP contribution in [0.2, 0.25) is 0 Å². The van der Waals surface area contributed by atoms with Gasteiger partial charge in [0.1, 0.15) is 5.70 Å². The summed E-state index contributed by atoms with van der Waals surface area (Å²) < 4.78 is 0. The van der Waals surface area contributed by atoms with Gasteiger partial charge in [0.25, 0.3) is 11.8 Å². The van der Waals surface area contributed by atoms with Crippen molar-refractivity contribution in [3.63, 3.8) is 0 Å². The van der Waals surface area contributed by atoms with E-state index < -0.39 is 0 Å². The number of rotatable bonds is 7. The summed E-state index contributed by atoms with van der Waals surface area (Å²) in [7, 11) is 0. The molecule has 1 aliphatic rings. The third-order valence-corrected chi connectivity index (χ3v) is 5.82. The molecule has 0 radical (unpaired) electrons. The van der Waals surface area contributed by atoms with Crippen LogP contribution in [0.15, 0.2) is 84.6 Å². The molecule has 3 aromatic carbocycles. The third kappa shape index (κ3) is 4.48. The predicted octanol–water partition coefficient (Wildman–Crippen LogP) is 4.76. The minimum atomic E-state index is -0.354. The lowest BCUT2D eigenvalue weighted by atomic mass is 10.0. The van der Waals surface area contributed by atoms with Gasteiger partial charge in [0.15, 0.2) is 0 Å². The molecule has 4 rings (SSSR count). The Morgan fingerprint density at radius 2 is 1.53 bits per heavy atom. The average molecular weight is 454 g/mol. The van der Waals surface area contributed by atoms with E-state index in [0.717, 1.165) is 11.1 Å². The van der Waals surface area contributed by atoms with Crippen LogP contribution in [0.25, 0.3) is 5.57 Å². The van der Waals surface area contributed by atoms with Gasteiger partial charge in [-0.3, -0.25) is 14.4 Å². The van der Waals surface area contributed by atoms with Crippen LogP contribution < -0.4 is 10.2 Å².